The lowest BCUT2D eigenvalue weighted by Gasteiger charge is -2.16. The minimum absolute atomic E-state index is 0.377. The number of aliphatic hydroxyl groups is 1. The Morgan fingerprint density at radius 3 is 2.61 bits per heavy atom. The number of rotatable bonds is 6. The molecule has 0 aliphatic heterocycles. The van der Waals surface area contributed by atoms with Crippen molar-refractivity contribution in [2.24, 2.45) is 0 Å². The highest BCUT2D eigenvalue weighted by atomic mass is 32.1. The molecule has 96 valence electrons. The summed E-state index contributed by atoms with van der Waals surface area (Å²) in [5, 5.41) is 15.5. The molecule has 2 unspecified atom stereocenters. The molecule has 2 aromatic rings. The quantitative estimate of drug-likeness (QED) is 0.838. The van der Waals surface area contributed by atoms with Crippen molar-refractivity contribution in [3.63, 3.8) is 0 Å². The topological polar surface area (TPSA) is 32.3 Å². The van der Waals surface area contributed by atoms with Crippen LogP contribution in [0.4, 0.5) is 0 Å². The summed E-state index contributed by atoms with van der Waals surface area (Å²) < 4.78 is 0. The second-order valence-corrected chi connectivity index (χ2v) is 5.55. The van der Waals surface area contributed by atoms with Crippen LogP contribution in [0.2, 0.25) is 0 Å². The molecule has 3 heteroatoms. The van der Waals surface area contributed by atoms with E-state index < -0.39 is 6.10 Å². The molecular formula is C15H19NOS. The highest BCUT2D eigenvalue weighted by molar-refractivity contribution is 7.09. The number of benzene rings is 1. The van der Waals surface area contributed by atoms with Gasteiger partial charge < -0.3 is 10.4 Å². The van der Waals surface area contributed by atoms with Crippen LogP contribution >= 0.6 is 11.3 Å². The molecule has 0 bridgehead atoms. The Labute approximate surface area is 112 Å². The Morgan fingerprint density at radius 1 is 1.17 bits per heavy atom. The van der Waals surface area contributed by atoms with Crippen molar-refractivity contribution >= 4 is 11.3 Å². The Morgan fingerprint density at radius 2 is 1.94 bits per heavy atom. The predicted octanol–water partition coefficient (Wildman–Crippen LogP) is 3.00. The average Bonchev–Trinajstić information content (AvgIpc) is 2.90. The number of aliphatic hydroxyl groups excluding tert-OH is 1. The molecule has 1 aromatic carbocycles. The van der Waals surface area contributed by atoms with Gasteiger partial charge in [-0.2, -0.15) is 0 Å². The van der Waals surface area contributed by atoms with E-state index in [-0.39, 0.29) is 0 Å². The predicted molar refractivity (Wildman–Crippen MR) is 76.9 cm³/mol. The Hall–Kier alpha value is -1.16. The summed E-state index contributed by atoms with van der Waals surface area (Å²) in [7, 11) is 0. The van der Waals surface area contributed by atoms with Crippen LogP contribution in [0.25, 0.3) is 0 Å². The van der Waals surface area contributed by atoms with Gasteiger partial charge in [0.05, 0.1) is 6.10 Å². The highest BCUT2D eigenvalue weighted by Gasteiger charge is 2.09. The van der Waals surface area contributed by atoms with Gasteiger partial charge in [-0.1, -0.05) is 36.4 Å². The van der Waals surface area contributed by atoms with Crippen LogP contribution in [-0.4, -0.2) is 17.7 Å². The SMILES string of the molecule is CC(Cc1cccs1)NCC(O)c1ccccc1. The van der Waals surface area contributed by atoms with E-state index in [4.69, 9.17) is 0 Å². The lowest BCUT2D eigenvalue weighted by Crippen LogP contribution is -2.31. The van der Waals surface area contributed by atoms with E-state index in [0.717, 1.165) is 12.0 Å². The van der Waals surface area contributed by atoms with Gasteiger partial charge in [0.1, 0.15) is 0 Å². The van der Waals surface area contributed by atoms with Crippen LogP contribution in [-0.2, 0) is 6.42 Å². The molecule has 2 N–H and O–H groups in total. The third kappa shape index (κ3) is 3.95. The summed E-state index contributed by atoms with van der Waals surface area (Å²) in [6.45, 7) is 2.74. The van der Waals surface area contributed by atoms with Crippen molar-refractivity contribution in [3.8, 4) is 0 Å². The molecule has 1 aromatic heterocycles. The first-order valence-corrected chi connectivity index (χ1v) is 7.12. The maximum atomic E-state index is 10.0. The lowest BCUT2D eigenvalue weighted by molar-refractivity contribution is 0.170. The Kier molecular flexibility index (Phi) is 4.93. The van der Waals surface area contributed by atoms with Crippen LogP contribution in [0.15, 0.2) is 47.8 Å². The van der Waals surface area contributed by atoms with E-state index in [9.17, 15) is 5.11 Å². The Bertz CT molecular complexity index is 441. The molecular weight excluding hydrogens is 242 g/mol. The monoisotopic (exact) mass is 261 g/mol. The molecule has 2 atom stereocenters. The van der Waals surface area contributed by atoms with Crippen LogP contribution in [0, 0.1) is 0 Å². The van der Waals surface area contributed by atoms with Crippen molar-refractivity contribution < 1.29 is 5.11 Å². The zero-order valence-corrected chi connectivity index (χ0v) is 11.4. The zero-order valence-electron chi connectivity index (χ0n) is 10.5. The van der Waals surface area contributed by atoms with E-state index in [1.165, 1.54) is 4.88 Å². The van der Waals surface area contributed by atoms with E-state index >= 15 is 0 Å². The van der Waals surface area contributed by atoms with Crippen LogP contribution in [0.3, 0.4) is 0 Å². The van der Waals surface area contributed by atoms with Gasteiger partial charge in [-0.05, 0) is 30.4 Å². The molecule has 2 rings (SSSR count). The first-order valence-electron chi connectivity index (χ1n) is 6.24. The smallest absolute Gasteiger partial charge is 0.0914 e. The van der Waals surface area contributed by atoms with Crippen molar-refractivity contribution in [1.29, 1.82) is 0 Å². The summed E-state index contributed by atoms with van der Waals surface area (Å²) in [5.41, 5.74) is 0.966. The highest BCUT2D eigenvalue weighted by Crippen LogP contribution is 2.13. The second kappa shape index (κ2) is 6.69. The minimum atomic E-state index is -0.433. The number of hydrogen-bond acceptors (Lipinski definition) is 3. The van der Waals surface area contributed by atoms with E-state index in [0.29, 0.717) is 12.6 Å². The van der Waals surface area contributed by atoms with Crippen LogP contribution in [0.1, 0.15) is 23.5 Å². The number of hydrogen-bond donors (Lipinski definition) is 2. The number of thiophene rings is 1. The van der Waals surface area contributed by atoms with E-state index in [2.05, 4.69) is 29.8 Å². The number of nitrogens with one attached hydrogen (secondary N) is 1. The molecule has 0 saturated carbocycles. The maximum absolute atomic E-state index is 10.0. The van der Waals surface area contributed by atoms with E-state index in [1.54, 1.807) is 11.3 Å². The molecule has 0 radical (unpaired) electrons. The van der Waals surface area contributed by atoms with Crippen molar-refractivity contribution in [2.75, 3.05) is 6.54 Å². The van der Waals surface area contributed by atoms with Crippen molar-refractivity contribution in [3.05, 3.63) is 58.3 Å². The van der Waals surface area contributed by atoms with Crippen LogP contribution in [0.5, 0.6) is 0 Å². The molecule has 1 heterocycles. The van der Waals surface area contributed by atoms with Gasteiger partial charge >= 0.3 is 0 Å². The maximum Gasteiger partial charge on any atom is 0.0914 e. The fourth-order valence-corrected chi connectivity index (χ4v) is 2.74. The van der Waals surface area contributed by atoms with Gasteiger partial charge in [0.25, 0.3) is 0 Å². The summed E-state index contributed by atoms with van der Waals surface area (Å²) in [5.74, 6) is 0. The van der Waals surface area contributed by atoms with Gasteiger partial charge in [-0.25, -0.2) is 0 Å². The van der Waals surface area contributed by atoms with Crippen LogP contribution < -0.4 is 5.32 Å². The summed E-state index contributed by atoms with van der Waals surface area (Å²) >= 11 is 1.78. The summed E-state index contributed by atoms with van der Waals surface area (Å²) in [6, 6.07) is 14.4. The molecule has 2 nitrogen and oxygen atoms in total. The summed E-state index contributed by atoms with van der Waals surface area (Å²) in [6.07, 6.45) is 0.580. The molecule has 0 fully saturated rings. The second-order valence-electron chi connectivity index (χ2n) is 4.52. The van der Waals surface area contributed by atoms with E-state index in [1.807, 2.05) is 30.3 Å². The molecule has 0 aliphatic carbocycles. The summed E-state index contributed by atoms with van der Waals surface area (Å²) in [4.78, 5) is 1.38. The minimum Gasteiger partial charge on any atom is -0.387 e. The van der Waals surface area contributed by atoms with Gasteiger partial charge in [0.2, 0.25) is 0 Å². The van der Waals surface area contributed by atoms with Gasteiger partial charge in [0.15, 0.2) is 0 Å². The standard InChI is InChI=1S/C15H19NOS/c1-12(10-14-8-5-9-18-14)16-11-15(17)13-6-3-2-4-7-13/h2-9,12,15-17H,10-11H2,1H3. The third-order valence-electron chi connectivity index (χ3n) is 2.93. The largest absolute Gasteiger partial charge is 0.387 e. The lowest BCUT2D eigenvalue weighted by atomic mass is 10.1. The molecule has 0 amide bonds. The first-order chi connectivity index (χ1) is 8.75. The average molecular weight is 261 g/mol. The molecule has 0 saturated heterocycles. The van der Waals surface area contributed by atoms with Gasteiger partial charge in [-0.15, -0.1) is 11.3 Å². The fourth-order valence-electron chi connectivity index (χ4n) is 1.91. The Balaban J connectivity index is 1.77. The third-order valence-corrected chi connectivity index (χ3v) is 3.83. The zero-order chi connectivity index (χ0) is 12.8. The first kappa shape index (κ1) is 13.3. The molecule has 18 heavy (non-hydrogen) atoms. The normalized spacial score (nSPS) is 14.3. The molecule has 0 spiro atoms. The fraction of sp³-hybridized carbons (Fsp3) is 0.333. The van der Waals surface area contributed by atoms with Crippen molar-refractivity contribution in [1.82, 2.24) is 5.32 Å². The van der Waals surface area contributed by atoms with Gasteiger partial charge in [0, 0.05) is 17.5 Å². The van der Waals surface area contributed by atoms with Crippen molar-refractivity contribution in [2.45, 2.75) is 25.5 Å². The van der Waals surface area contributed by atoms with Gasteiger partial charge in [-0.3, -0.25) is 0 Å². The molecule has 0 aliphatic rings.